The summed E-state index contributed by atoms with van der Waals surface area (Å²) in [6, 6.07) is 3.04. The van der Waals surface area contributed by atoms with Crippen molar-refractivity contribution in [3.05, 3.63) is 47.4 Å². The van der Waals surface area contributed by atoms with Crippen LogP contribution in [0.5, 0.6) is 0 Å². The fourth-order valence-corrected chi connectivity index (χ4v) is 1.62. The maximum absolute atomic E-state index is 13.2. The van der Waals surface area contributed by atoms with Gasteiger partial charge >= 0.3 is 5.97 Å². The Morgan fingerprint density at radius 3 is 2.89 bits per heavy atom. The number of carboxylic acids is 1. The number of hydrogen-bond donors (Lipinski definition) is 1. The molecule has 0 aromatic heterocycles. The van der Waals surface area contributed by atoms with Gasteiger partial charge in [-0.15, -0.1) is 0 Å². The van der Waals surface area contributed by atoms with Gasteiger partial charge in [0.1, 0.15) is 11.9 Å². The van der Waals surface area contributed by atoms with Crippen molar-refractivity contribution in [1.82, 2.24) is 0 Å². The summed E-state index contributed by atoms with van der Waals surface area (Å²) in [5, 5.41) is 16.2. The molecule has 1 unspecified atom stereocenters. The molecule has 2 rings (SSSR count). The van der Waals surface area contributed by atoms with E-state index in [0.717, 1.165) is 6.07 Å². The Morgan fingerprint density at radius 2 is 2.22 bits per heavy atom. The minimum absolute atomic E-state index is 0.202. The Balaban J connectivity index is 2.22. The standard InChI is InChI=1S/C12H9FN2O3/c13-9-2-1-7(5-8(9)12(17)18)6-10-11(16)3-4-14-15-10/h1-5,10H,6H2,(H,17,18). The number of nitrogens with zero attached hydrogens (tertiary/aromatic N) is 2. The van der Waals surface area contributed by atoms with Gasteiger partial charge < -0.3 is 5.11 Å². The zero-order chi connectivity index (χ0) is 13.1. The summed E-state index contributed by atoms with van der Waals surface area (Å²) in [4.78, 5) is 22.2. The number of rotatable bonds is 3. The molecule has 1 heterocycles. The Labute approximate surface area is 102 Å². The first-order chi connectivity index (χ1) is 8.58. The highest BCUT2D eigenvalue weighted by Gasteiger charge is 2.19. The molecule has 6 heteroatoms. The summed E-state index contributed by atoms with van der Waals surface area (Å²) in [6.45, 7) is 0. The second-order valence-corrected chi connectivity index (χ2v) is 3.79. The van der Waals surface area contributed by atoms with Crippen molar-refractivity contribution >= 4 is 11.8 Å². The minimum Gasteiger partial charge on any atom is -0.478 e. The van der Waals surface area contributed by atoms with Gasteiger partial charge in [-0.05, 0) is 17.7 Å². The molecule has 1 N–H and O–H groups in total. The van der Waals surface area contributed by atoms with E-state index in [2.05, 4.69) is 10.2 Å². The van der Waals surface area contributed by atoms with E-state index in [1.165, 1.54) is 24.4 Å². The van der Waals surface area contributed by atoms with Crippen LogP contribution in [0, 0.1) is 5.82 Å². The van der Waals surface area contributed by atoms with Gasteiger partial charge in [0, 0.05) is 12.5 Å². The molecule has 92 valence electrons. The zero-order valence-electron chi connectivity index (χ0n) is 9.21. The number of azo groups is 1. The van der Waals surface area contributed by atoms with Crippen molar-refractivity contribution in [3.8, 4) is 0 Å². The van der Waals surface area contributed by atoms with E-state index in [1.54, 1.807) is 0 Å². The molecule has 18 heavy (non-hydrogen) atoms. The van der Waals surface area contributed by atoms with Gasteiger partial charge in [0.2, 0.25) is 0 Å². The maximum Gasteiger partial charge on any atom is 0.338 e. The third-order valence-corrected chi connectivity index (χ3v) is 2.53. The molecule has 0 amide bonds. The maximum atomic E-state index is 13.2. The summed E-state index contributed by atoms with van der Waals surface area (Å²) in [5.41, 5.74) is 0.115. The largest absolute Gasteiger partial charge is 0.478 e. The topological polar surface area (TPSA) is 79.1 Å². The Kier molecular flexibility index (Phi) is 3.27. The van der Waals surface area contributed by atoms with Crippen LogP contribution in [0.1, 0.15) is 15.9 Å². The van der Waals surface area contributed by atoms with Crippen LogP contribution in [0.3, 0.4) is 0 Å². The molecule has 1 atom stereocenters. The van der Waals surface area contributed by atoms with Gasteiger partial charge in [-0.25, -0.2) is 9.18 Å². The van der Waals surface area contributed by atoms with Gasteiger partial charge in [-0.3, -0.25) is 4.79 Å². The number of aromatic carboxylic acids is 1. The quantitative estimate of drug-likeness (QED) is 0.888. The highest BCUT2D eigenvalue weighted by atomic mass is 19.1. The number of carbonyl (C=O) groups is 2. The van der Waals surface area contributed by atoms with Gasteiger partial charge in [-0.1, -0.05) is 6.07 Å². The second kappa shape index (κ2) is 4.87. The molecule has 1 aromatic rings. The van der Waals surface area contributed by atoms with Crippen molar-refractivity contribution < 1.29 is 19.1 Å². The van der Waals surface area contributed by atoms with E-state index in [1.807, 2.05) is 0 Å². The molecule has 0 aliphatic carbocycles. The minimum atomic E-state index is -1.34. The van der Waals surface area contributed by atoms with Crippen LogP contribution in [0.15, 0.2) is 40.7 Å². The summed E-state index contributed by atoms with van der Waals surface area (Å²) >= 11 is 0. The number of hydrogen-bond acceptors (Lipinski definition) is 4. The third kappa shape index (κ3) is 2.48. The smallest absolute Gasteiger partial charge is 0.338 e. The molecule has 0 spiro atoms. The second-order valence-electron chi connectivity index (χ2n) is 3.79. The van der Waals surface area contributed by atoms with Crippen molar-refractivity contribution in [1.29, 1.82) is 0 Å². The highest BCUT2D eigenvalue weighted by Crippen LogP contribution is 2.15. The van der Waals surface area contributed by atoms with Crippen LogP contribution in [0.4, 0.5) is 4.39 Å². The van der Waals surface area contributed by atoms with Gasteiger partial charge in [-0.2, -0.15) is 10.2 Å². The number of benzene rings is 1. The molecule has 1 aliphatic heterocycles. The fraction of sp³-hybridized carbons (Fsp3) is 0.167. The van der Waals surface area contributed by atoms with Crippen molar-refractivity contribution in [3.63, 3.8) is 0 Å². The lowest BCUT2D eigenvalue weighted by Gasteiger charge is -2.10. The fourth-order valence-electron chi connectivity index (χ4n) is 1.62. The van der Waals surface area contributed by atoms with Crippen molar-refractivity contribution in [2.45, 2.75) is 12.5 Å². The molecule has 0 radical (unpaired) electrons. The average Bonchev–Trinajstić information content (AvgIpc) is 2.34. The van der Waals surface area contributed by atoms with E-state index in [4.69, 9.17) is 5.11 Å². The van der Waals surface area contributed by atoms with Crippen molar-refractivity contribution in [2.75, 3.05) is 0 Å². The van der Waals surface area contributed by atoms with Crippen LogP contribution in [0.2, 0.25) is 0 Å². The Morgan fingerprint density at radius 1 is 1.44 bits per heavy atom. The molecule has 0 fully saturated rings. The van der Waals surface area contributed by atoms with Crippen LogP contribution in [-0.2, 0) is 11.2 Å². The lowest BCUT2D eigenvalue weighted by molar-refractivity contribution is -0.116. The van der Waals surface area contributed by atoms with Gasteiger partial charge in [0.05, 0.1) is 11.8 Å². The number of carboxylic acid groups (broad SMARTS) is 1. The van der Waals surface area contributed by atoms with E-state index >= 15 is 0 Å². The molecule has 0 bridgehead atoms. The SMILES string of the molecule is O=C(O)c1cc(CC2N=NC=CC2=O)ccc1F. The van der Waals surface area contributed by atoms with Crippen molar-refractivity contribution in [2.24, 2.45) is 10.2 Å². The monoisotopic (exact) mass is 248 g/mol. The highest BCUT2D eigenvalue weighted by molar-refractivity contribution is 5.95. The molecule has 1 aromatic carbocycles. The van der Waals surface area contributed by atoms with E-state index in [9.17, 15) is 14.0 Å². The number of carbonyl (C=O) groups excluding carboxylic acids is 1. The molecular weight excluding hydrogens is 239 g/mol. The third-order valence-electron chi connectivity index (χ3n) is 2.53. The van der Waals surface area contributed by atoms with Gasteiger partial charge in [0.25, 0.3) is 0 Å². The summed E-state index contributed by atoms with van der Waals surface area (Å²) in [7, 11) is 0. The first-order valence-electron chi connectivity index (χ1n) is 5.20. The normalized spacial score (nSPS) is 18.1. The van der Waals surface area contributed by atoms with Crippen LogP contribution in [0.25, 0.3) is 0 Å². The predicted octanol–water partition coefficient (Wildman–Crippen LogP) is 1.98. The van der Waals surface area contributed by atoms with Gasteiger partial charge in [0.15, 0.2) is 5.78 Å². The summed E-state index contributed by atoms with van der Waals surface area (Å²) < 4.78 is 13.2. The average molecular weight is 248 g/mol. The van der Waals surface area contributed by atoms with Crippen LogP contribution in [-0.4, -0.2) is 22.9 Å². The number of ketones is 1. The molecule has 1 aliphatic rings. The zero-order valence-corrected chi connectivity index (χ0v) is 9.21. The first-order valence-corrected chi connectivity index (χ1v) is 5.20. The molecule has 5 nitrogen and oxygen atoms in total. The summed E-state index contributed by atoms with van der Waals surface area (Å²) in [5.74, 6) is -2.35. The number of halogens is 1. The molecular formula is C12H9FN2O3. The molecule has 0 saturated heterocycles. The van der Waals surface area contributed by atoms with E-state index in [-0.39, 0.29) is 12.2 Å². The summed E-state index contributed by atoms with van der Waals surface area (Å²) in [6.07, 6.45) is 2.80. The lowest BCUT2D eigenvalue weighted by Crippen LogP contribution is -2.20. The van der Waals surface area contributed by atoms with E-state index < -0.39 is 23.4 Å². The first kappa shape index (κ1) is 12.1. The van der Waals surface area contributed by atoms with Crippen LogP contribution < -0.4 is 0 Å². The predicted molar refractivity (Wildman–Crippen MR) is 59.9 cm³/mol. The lowest BCUT2D eigenvalue weighted by atomic mass is 10.0. The van der Waals surface area contributed by atoms with Crippen LogP contribution >= 0.6 is 0 Å². The van der Waals surface area contributed by atoms with E-state index in [0.29, 0.717) is 5.56 Å². The Bertz CT molecular complexity index is 566. The Hall–Kier alpha value is -2.37. The molecule has 0 saturated carbocycles.